The van der Waals surface area contributed by atoms with Crippen molar-refractivity contribution in [3.8, 4) is 0 Å². The van der Waals surface area contributed by atoms with Crippen molar-refractivity contribution >= 4 is 0 Å². The number of fused-ring (bicyclic) bond motifs is 4. The quantitative estimate of drug-likeness (QED) is 0.725. The lowest BCUT2D eigenvalue weighted by Gasteiger charge is -2.27. The molecule has 4 nitrogen and oxygen atoms in total. The lowest BCUT2D eigenvalue weighted by atomic mass is 9.83. The maximum atomic E-state index is 4.27. The normalized spacial score (nSPS) is 35.1. The molecule has 3 aliphatic rings. The van der Waals surface area contributed by atoms with Crippen molar-refractivity contribution in [1.82, 2.24) is 20.4 Å². The van der Waals surface area contributed by atoms with E-state index in [-0.39, 0.29) is 0 Å². The van der Waals surface area contributed by atoms with Crippen LogP contribution in [-0.2, 0) is 0 Å². The molecule has 0 aliphatic carbocycles. The van der Waals surface area contributed by atoms with Crippen LogP contribution in [-0.4, -0.2) is 34.6 Å². The van der Waals surface area contributed by atoms with Crippen molar-refractivity contribution in [3.63, 3.8) is 0 Å². The van der Waals surface area contributed by atoms with Gasteiger partial charge in [-0.1, -0.05) is 0 Å². The summed E-state index contributed by atoms with van der Waals surface area (Å²) in [5.74, 6) is 1.32. The molecule has 2 bridgehead atoms. The van der Waals surface area contributed by atoms with Gasteiger partial charge in [0.05, 0.1) is 0 Å². The minimum Gasteiger partial charge on any atom is -0.255 e. The van der Waals surface area contributed by atoms with Crippen LogP contribution in [0.4, 0.5) is 0 Å². The van der Waals surface area contributed by atoms with Gasteiger partial charge in [0.2, 0.25) is 0 Å². The van der Waals surface area contributed by atoms with E-state index in [1.807, 2.05) is 6.07 Å². The molecule has 4 heterocycles. The third-order valence-corrected chi connectivity index (χ3v) is 3.58. The monoisotopic (exact) mass is 203 g/mol. The number of rotatable bonds is 1. The summed E-state index contributed by atoms with van der Waals surface area (Å²) in [7, 11) is 0. The topological polar surface area (TPSA) is 41.1 Å². The Balaban J connectivity index is 1.86. The third-order valence-electron chi connectivity index (χ3n) is 3.58. The summed E-state index contributed by atoms with van der Waals surface area (Å²) in [5.41, 5.74) is 4.63. The van der Waals surface area contributed by atoms with Crippen molar-refractivity contribution in [1.29, 1.82) is 0 Å². The van der Waals surface area contributed by atoms with Crippen molar-refractivity contribution < 1.29 is 0 Å². The van der Waals surface area contributed by atoms with Gasteiger partial charge in [0.1, 0.15) is 0 Å². The molecule has 0 spiro atoms. The molecule has 0 saturated carbocycles. The zero-order valence-corrected chi connectivity index (χ0v) is 8.69. The molecule has 4 rings (SSSR count). The fourth-order valence-corrected chi connectivity index (χ4v) is 2.68. The van der Waals surface area contributed by atoms with Crippen molar-refractivity contribution in [3.05, 3.63) is 24.3 Å². The van der Waals surface area contributed by atoms with Gasteiger partial charge in [-0.05, 0) is 24.8 Å². The summed E-state index contributed by atoms with van der Waals surface area (Å²) in [6, 6.07) is 2.02. The van der Waals surface area contributed by atoms with Gasteiger partial charge >= 0.3 is 0 Å². The SMILES string of the molecule is [c]1nccc(C2CNN3CCC2CC3)n1. The molecule has 1 aromatic rings. The van der Waals surface area contributed by atoms with Crippen LogP contribution in [0.5, 0.6) is 0 Å². The van der Waals surface area contributed by atoms with E-state index in [0.29, 0.717) is 5.92 Å². The summed E-state index contributed by atoms with van der Waals surface area (Å²) < 4.78 is 0. The molecule has 1 aromatic heterocycles. The van der Waals surface area contributed by atoms with Crippen LogP contribution >= 0.6 is 0 Å². The van der Waals surface area contributed by atoms with Gasteiger partial charge in [-0.15, -0.1) is 0 Å². The lowest BCUT2D eigenvalue weighted by molar-refractivity contribution is 0.165. The minimum atomic E-state index is 0.539. The van der Waals surface area contributed by atoms with Crippen molar-refractivity contribution in [2.45, 2.75) is 18.8 Å². The van der Waals surface area contributed by atoms with Gasteiger partial charge in [-0.2, -0.15) is 0 Å². The number of piperidine rings is 1. The fourth-order valence-electron chi connectivity index (χ4n) is 2.68. The number of hydrogen-bond donors (Lipinski definition) is 1. The summed E-state index contributed by atoms with van der Waals surface area (Å²) in [4.78, 5) is 8.12. The maximum Gasteiger partial charge on any atom is 0.197 e. The first kappa shape index (κ1) is 9.24. The molecule has 1 N–H and O–H groups in total. The number of hydrazine groups is 1. The average Bonchev–Trinajstić information content (AvgIpc) is 2.63. The Bertz CT molecular complexity index is 319. The molecule has 79 valence electrons. The minimum absolute atomic E-state index is 0.539. The van der Waals surface area contributed by atoms with E-state index in [9.17, 15) is 0 Å². The van der Waals surface area contributed by atoms with E-state index in [2.05, 4.69) is 26.7 Å². The number of aromatic nitrogens is 2. The number of nitrogens with zero attached hydrogens (tertiary/aromatic N) is 3. The summed E-state index contributed by atoms with van der Waals surface area (Å²) >= 11 is 0. The Kier molecular flexibility index (Phi) is 2.38. The smallest absolute Gasteiger partial charge is 0.197 e. The van der Waals surface area contributed by atoms with Crippen LogP contribution in [0.25, 0.3) is 0 Å². The van der Waals surface area contributed by atoms with Gasteiger partial charge < -0.3 is 0 Å². The molecule has 1 unspecified atom stereocenters. The van der Waals surface area contributed by atoms with Gasteiger partial charge in [0.15, 0.2) is 6.33 Å². The van der Waals surface area contributed by atoms with Gasteiger partial charge in [0.25, 0.3) is 0 Å². The Hall–Kier alpha value is -1.00. The van der Waals surface area contributed by atoms with Gasteiger partial charge in [-0.3, -0.25) is 5.43 Å². The van der Waals surface area contributed by atoms with E-state index in [0.717, 1.165) is 18.2 Å². The van der Waals surface area contributed by atoms with Crippen LogP contribution in [0, 0.1) is 12.2 Å². The molecule has 4 heteroatoms. The largest absolute Gasteiger partial charge is 0.255 e. The van der Waals surface area contributed by atoms with Crippen molar-refractivity contribution in [2.24, 2.45) is 5.92 Å². The number of hydrogen-bond acceptors (Lipinski definition) is 4. The summed E-state index contributed by atoms with van der Waals surface area (Å²) in [6.07, 6.45) is 7.05. The predicted octanol–water partition coefficient (Wildman–Crippen LogP) is 0.591. The van der Waals surface area contributed by atoms with E-state index in [1.165, 1.54) is 25.9 Å². The van der Waals surface area contributed by atoms with Crippen LogP contribution in [0.15, 0.2) is 12.3 Å². The molecule has 1 atom stereocenters. The second-order valence-electron chi connectivity index (χ2n) is 4.37. The highest BCUT2D eigenvalue weighted by molar-refractivity contribution is 5.09. The molecule has 3 fully saturated rings. The Morgan fingerprint density at radius 1 is 1.40 bits per heavy atom. The van der Waals surface area contributed by atoms with Crippen LogP contribution in [0.2, 0.25) is 0 Å². The van der Waals surface area contributed by atoms with E-state index >= 15 is 0 Å². The maximum absolute atomic E-state index is 4.27. The van der Waals surface area contributed by atoms with E-state index in [1.54, 1.807) is 6.20 Å². The Morgan fingerprint density at radius 3 is 3.00 bits per heavy atom. The fraction of sp³-hybridized carbons (Fsp3) is 0.636. The average molecular weight is 203 g/mol. The molecule has 3 saturated heterocycles. The Labute approximate surface area is 89.7 Å². The zero-order chi connectivity index (χ0) is 10.1. The predicted molar refractivity (Wildman–Crippen MR) is 55.9 cm³/mol. The first-order valence-electron chi connectivity index (χ1n) is 5.61. The first-order chi connectivity index (χ1) is 7.43. The molecule has 15 heavy (non-hydrogen) atoms. The van der Waals surface area contributed by atoms with Gasteiger partial charge in [-0.25, -0.2) is 15.0 Å². The molecule has 3 aliphatic heterocycles. The van der Waals surface area contributed by atoms with Crippen LogP contribution in [0.1, 0.15) is 24.5 Å². The van der Waals surface area contributed by atoms with Crippen molar-refractivity contribution in [2.75, 3.05) is 19.6 Å². The van der Waals surface area contributed by atoms with E-state index < -0.39 is 0 Å². The molecule has 0 amide bonds. The lowest BCUT2D eigenvalue weighted by Crippen LogP contribution is -2.39. The van der Waals surface area contributed by atoms with E-state index in [4.69, 9.17) is 0 Å². The standard InChI is InChI=1S/C11H15N4/c1-4-12-8-13-11(1)10-7-14-15-5-2-9(10)3-6-15/h1,4,9-10,14H,2-3,5-7H2. The highest BCUT2D eigenvalue weighted by atomic mass is 15.5. The molecule has 0 aromatic carbocycles. The summed E-state index contributed by atoms with van der Waals surface area (Å²) in [6.45, 7) is 3.36. The second kappa shape index (κ2) is 3.87. The summed E-state index contributed by atoms with van der Waals surface area (Å²) in [5, 5.41) is 2.33. The highest BCUT2D eigenvalue weighted by Crippen LogP contribution is 2.33. The third kappa shape index (κ3) is 1.75. The van der Waals surface area contributed by atoms with Crippen LogP contribution < -0.4 is 5.43 Å². The Morgan fingerprint density at radius 2 is 2.27 bits per heavy atom. The molecular formula is C11H15N4. The number of nitrogens with one attached hydrogen (secondary N) is 1. The van der Waals surface area contributed by atoms with Gasteiger partial charge in [0, 0.05) is 37.4 Å². The molecular weight excluding hydrogens is 188 g/mol. The first-order valence-corrected chi connectivity index (χ1v) is 5.61. The zero-order valence-electron chi connectivity index (χ0n) is 8.69. The van der Waals surface area contributed by atoms with Crippen LogP contribution in [0.3, 0.4) is 0 Å². The highest BCUT2D eigenvalue weighted by Gasteiger charge is 2.32. The second-order valence-corrected chi connectivity index (χ2v) is 4.37. The molecule has 1 radical (unpaired) electrons.